The predicted octanol–water partition coefficient (Wildman–Crippen LogP) is 4.37. The number of ether oxygens (including phenoxy) is 2. The summed E-state index contributed by atoms with van der Waals surface area (Å²) in [5.74, 6) is 1.14. The summed E-state index contributed by atoms with van der Waals surface area (Å²) < 4.78 is 39.1. The third-order valence-electron chi connectivity index (χ3n) is 14.0. The van der Waals surface area contributed by atoms with E-state index in [1.54, 1.807) is 32.4 Å². The number of fused-ring (bicyclic) bond motifs is 2. The largest absolute Gasteiger partial charge is 0.496 e. The molecule has 5 aliphatic heterocycles. The van der Waals surface area contributed by atoms with Gasteiger partial charge in [0, 0.05) is 99.9 Å². The Balaban J connectivity index is 0.863. The lowest BCUT2D eigenvalue weighted by Gasteiger charge is -2.48. The van der Waals surface area contributed by atoms with Crippen molar-refractivity contribution in [2.24, 2.45) is 13.0 Å². The average Bonchev–Trinajstić information content (AvgIpc) is 3.61. The van der Waals surface area contributed by atoms with Gasteiger partial charge in [-0.25, -0.2) is 13.6 Å². The van der Waals surface area contributed by atoms with Crippen LogP contribution < -0.4 is 30.6 Å². The van der Waals surface area contributed by atoms with Crippen LogP contribution in [0.1, 0.15) is 78.6 Å². The maximum atomic E-state index is 13.3. The van der Waals surface area contributed by atoms with Crippen molar-refractivity contribution in [3.05, 3.63) is 74.7 Å². The Kier molecular flexibility index (Phi) is 13.0. The molecule has 3 saturated heterocycles. The third kappa shape index (κ3) is 9.19. The van der Waals surface area contributed by atoms with Crippen molar-refractivity contribution in [1.29, 1.82) is 0 Å². The van der Waals surface area contributed by atoms with E-state index in [-0.39, 0.29) is 42.4 Å². The van der Waals surface area contributed by atoms with Crippen LogP contribution in [0.25, 0.3) is 11.1 Å². The van der Waals surface area contributed by atoms with Crippen LogP contribution in [0.4, 0.5) is 19.3 Å². The van der Waals surface area contributed by atoms with Crippen molar-refractivity contribution in [2.75, 3.05) is 71.5 Å². The molecule has 3 fully saturated rings. The number of piperazine rings is 1. The standard InChI is InChI=1S/C47H60F2N8O7/c1-47(2)28-53(14-10-29-11-15-54(16-12-29)32-6-7-33-31(20-32)24-57(45(33)61)38-8-9-42(58)51-43(38)59)18-19-56(47)27-37-39(63-4)21-30(22-40(37)64-5)35-25-52(3)44(60)36-26-55(17-13-34(35)36)46(62)50-23-41(48)49/h6-7,20-22,25,29,38,41H,8-19,23-24,26-28H2,1-5H3,(H,50,62)(H,51,58,59). The van der Waals surface area contributed by atoms with Crippen LogP contribution >= 0.6 is 0 Å². The number of alkyl halides is 2. The van der Waals surface area contributed by atoms with Gasteiger partial charge < -0.3 is 39.0 Å². The topological polar surface area (TPSA) is 149 Å². The highest BCUT2D eigenvalue weighted by molar-refractivity contribution is 6.05. The quantitative estimate of drug-likeness (QED) is 0.252. The number of piperidine rings is 2. The van der Waals surface area contributed by atoms with Crippen molar-refractivity contribution in [3.8, 4) is 22.6 Å². The van der Waals surface area contributed by atoms with Gasteiger partial charge in [-0.2, -0.15) is 0 Å². The number of anilines is 1. The van der Waals surface area contributed by atoms with Crippen LogP contribution in [-0.4, -0.2) is 133 Å². The van der Waals surface area contributed by atoms with Gasteiger partial charge in [-0.15, -0.1) is 0 Å². The summed E-state index contributed by atoms with van der Waals surface area (Å²) in [6.45, 7) is 10.8. The zero-order chi connectivity index (χ0) is 45.4. The molecule has 64 heavy (non-hydrogen) atoms. The molecule has 1 atom stereocenters. The molecule has 8 rings (SSSR count). The molecule has 17 heteroatoms. The Morgan fingerprint density at radius 3 is 2.31 bits per heavy atom. The fraction of sp³-hybridized carbons (Fsp3) is 0.553. The highest BCUT2D eigenvalue weighted by atomic mass is 19.3. The van der Waals surface area contributed by atoms with E-state index in [1.807, 2.05) is 24.3 Å². The van der Waals surface area contributed by atoms with Gasteiger partial charge in [0.1, 0.15) is 17.5 Å². The van der Waals surface area contributed by atoms with Gasteiger partial charge in [-0.1, -0.05) is 0 Å². The molecule has 0 aliphatic carbocycles. The van der Waals surface area contributed by atoms with E-state index in [0.29, 0.717) is 54.5 Å². The first-order valence-corrected chi connectivity index (χ1v) is 22.4. The second kappa shape index (κ2) is 18.5. The molecule has 5 aliphatic rings. The summed E-state index contributed by atoms with van der Waals surface area (Å²) in [5, 5.41) is 4.62. The van der Waals surface area contributed by atoms with Gasteiger partial charge in [-0.3, -0.25) is 29.4 Å². The summed E-state index contributed by atoms with van der Waals surface area (Å²) in [6, 6.07) is 8.74. The highest BCUT2D eigenvalue weighted by Gasteiger charge is 2.40. The summed E-state index contributed by atoms with van der Waals surface area (Å²) in [7, 11) is 4.96. The van der Waals surface area contributed by atoms with E-state index in [0.717, 1.165) is 92.0 Å². The van der Waals surface area contributed by atoms with Crippen molar-refractivity contribution < 1.29 is 37.4 Å². The zero-order valence-corrected chi connectivity index (χ0v) is 37.5. The van der Waals surface area contributed by atoms with Gasteiger partial charge in [0.15, 0.2) is 0 Å². The van der Waals surface area contributed by atoms with Gasteiger partial charge >= 0.3 is 6.03 Å². The van der Waals surface area contributed by atoms with E-state index < -0.39 is 31.0 Å². The number of aryl methyl sites for hydroxylation is 1. The minimum atomic E-state index is -2.66. The van der Waals surface area contributed by atoms with E-state index >= 15 is 0 Å². The third-order valence-corrected chi connectivity index (χ3v) is 14.0. The summed E-state index contributed by atoms with van der Waals surface area (Å²) in [4.78, 5) is 73.8. The van der Waals surface area contributed by atoms with Gasteiger partial charge in [-0.05, 0) is 105 Å². The van der Waals surface area contributed by atoms with Gasteiger partial charge in [0.2, 0.25) is 11.8 Å². The second-order valence-electron chi connectivity index (χ2n) is 18.5. The molecule has 1 aromatic heterocycles. The molecule has 2 N–H and O–H groups in total. The Morgan fingerprint density at radius 1 is 0.906 bits per heavy atom. The molecule has 0 radical (unpaired) electrons. The molecule has 1 unspecified atom stereocenters. The number of halogens is 2. The number of imide groups is 1. The van der Waals surface area contributed by atoms with Crippen LogP contribution in [-0.2, 0) is 42.7 Å². The maximum Gasteiger partial charge on any atom is 0.317 e. The first-order chi connectivity index (χ1) is 30.6. The fourth-order valence-corrected chi connectivity index (χ4v) is 10.4. The summed E-state index contributed by atoms with van der Waals surface area (Å²) in [5.41, 5.74) is 6.16. The van der Waals surface area contributed by atoms with Crippen LogP contribution in [0.5, 0.6) is 11.5 Å². The molecular weight excluding hydrogens is 827 g/mol. The van der Waals surface area contributed by atoms with Crippen molar-refractivity contribution >= 4 is 29.4 Å². The van der Waals surface area contributed by atoms with Crippen LogP contribution in [0.3, 0.4) is 0 Å². The molecule has 5 amide bonds. The van der Waals surface area contributed by atoms with Crippen molar-refractivity contribution in [2.45, 2.75) is 90.0 Å². The smallest absolute Gasteiger partial charge is 0.317 e. The molecule has 2 aromatic carbocycles. The highest BCUT2D eigenvalue weighted by Crippen LogP contribution is 2.40. The molecule has 15 nitrogen and oxygen atoms in total. The first kappa shape index (κ1) is 45.0. The summed E-state index contributed by atoms with van der Waals surface area (Å²) >= 11 is 0. The number of nitrogens with one attached hydrogen (secondary N) is 2. The lowest BCUT2D eigenvalue weighted by Crippen LogP contribution is -2.58. The molecular formula is C47H60F2N8O7. The van der Waals surface area contributed by atoms with Crippen molar-refractivity contribution in [1.82, 2.24) is 34.8 Å². The Morgan fingerprint density at radius 2 is 1.64 bits per heavy atom. The fourth-order valence-electron chi connectivity index (χ4n) is 10.4. The number of hydrogen-bond acceptors (Lipinski definition) is 10. The number of pyridine rings is 1. The monoisotopic (exact) mass is 886 g/mol. The second-order valence-corrected chi connectivity index (χ2v) is 18.5. The Labute approximate surface area is 372 Å². The minimum absolute atomic E-state index is 0.0232. The minimum Gasteiger partial charge on any atom is -0.496 e. The SMILES string of the molecule is COc1cc(-c2cn(C)c(=O)c3c2CCN(C(=O)NCC(F)F)C3)cc(OC)c1CN1CCN(CCC2CCN(c3ccc4c(c3)CN(C3CCC(=O)NC3=O)C4=O)CC2)CC1(C)C. The number of carbonyl (C=O) groups is 4. The lowest BCUT2D eigenvalue weighted by molar-refractivity contribution is -0.136. The van der Waals surface area contributed by atoms with Crippen LogP contribution in [0.2, 0.25) is 0 Å². The Hall–Kier alpha value is -5.55. The Bertz CT molecular complexity index is 2340. The van der Waals surface area contributed by atoms with Gasteiger partial charge in [0.05, 0.1) is 32.9 Å². The predicted molar refractivity (Wildman–Crippen MR) is 237 cm³/mol. The number of aromatic nitrogens is 1. The lowest BCUT2D eigenvalue weighted by atomic mass is 9.91. The van der Waals surface area contributed by atoms with Crippen LogP contribution in [0, 0.1) is 5.92 Å². The molecule has 3 aromatic rings. The average molecular weight is 887 g/mol. The maximum absolute atomic E-state index is 13.3. The van der Waals surface area contributed by atoms with E-state index in [2.05, 4.69) is 45.2 Å². The number of hydrogen-bond donors (Lipinski definition) is 2. The molecule has 0 spiro atoms. The number of benzene rings is 2. The molecule has 344 valence electrons. The zero-order valence-electron chi connectivity index (χ0n) is 37.5. The molecule has 0 saturated carbocycles. The summed E-state index contributed by atoms with van der Waals surface area (Å²) in [6.07, 6.45) is 3.44. The molecule has 6 heterocycles. The van der Waals surface area contributed by atoms with Gasteiger partial charge in [0.25, 0.3) is 17.9 Å². The number of urea groups is 1. The normalized spacial score (nSPS) is 20.7. The van der Waals surface area contributed by atoms with E-state index in [1.165, 1.54) is 9.47 Å². The van der Waals surface area contributed by atoms with E-state index in [4.69, 9.17) is 9.47 Å². The number of rotatable bonds is 12. The number of nitrogens with zero attached hydrogens (tertiary/aromatic N) is 6. The number of amides is 5. The first-order valence-electron chi connectivity index (χ1n) is 22.4. The van der Waals surface area contributed by atoms with Crippen LogP contribution in [0.15, 0.2) is 41.3 Å². The number of carbonyl (C=O) groups excluding carboxylic acids is 4. The molecule has 0 bridgehead atoms. The number of methoxy groups -OCH3 is 2. The van der Waals surface area contributed by atoms with E-state index in [9.17, 15) is 32.8 Å². The van der Waals surface area contributed by atoms with Crippen molar-refractivity contribution in [3.63, 3.8) is 0 Å².